The van der Waals surface area contributed by atoms with Crippen LogP contribution in [-0.4, -0.2) is 36.1 Å². The van der Waals surface area contributed by atoms with Crippen LogP contribution >= 0.6 is 11.6 Å². The quantitative estimate of drug-likeness (QED) is 0.679. The molecule has 5 nitrogen and oxygen atoms in total. The monoisotopic (exact) mass is 310 g/mol. The first-order chi connectivity index (χ1) is 10.1. The zero-order valence-corrected chi connectivity index (χ0v) is 12.4. The smallest absolute Gasteiger partial charge is 0.320 e. The molecule has 0 aliphatic heterocycles. The van der Waals surface area contributed by atoms with Crippen molar-refractivity contribution in [3.63, 3.8) is 0 Å². The second kappa shape index (κ2) is 7.43. The molecule has 0 bridgehead atoms. The molecule has 1 unspecified atom stereocenters. The highest BCUT2D eigenvalue weighted by Crippen LogP contribution is 2.32. The largest absolute Gasteiger partial charge is 0.480 e. The summed E-state index contributed by atoms with van der Waals surface area (Å²) in [7, 11) is 0. The van der Waals surface area contributed by atoms with Crippen LogP contribution in [0.5, 0.6) is 0 Å². The molecule has 3 N–H and O–H groups in total. The van der Waals surface area contributed by atoms with Crippen molar-refractivity contribution in [2.45, 2.75) is 25.3 Å². The maximum Gasteiger partial charge on any atom is 0.320 e. The van der Waals surface area contributed by atoms with Crippen LogP contribution in [0.15, 0.2) is 24.3 Å². The Balaban J connectivity index is 1.66. The fraction of sp³-hybridized carbons (Fsp3) is 0.467. The van der Waals surface area contributed by atoms with E-state index in [0.29, 0.717) is 18.0 Å². The van der Waals surface area contributed by atoms with Gasteiger partial charge in [0.15, 0.2) is 0 Å². The fourth-order valence-corrected chi connectivity index (χ4v) is 2.40. The van der Waals surface area contributed by atoms with Crippen LogP contribution in [0.2, 0.25) is 5.02 Å². The van der Waals surface area contributed by atoms with Crippen LogP contribution < -0.4 is 10.6 Å². The van der Waals surface area contributed by atoms with Gasteiger partial charge in [-0.15, -0.1) is 0 Å². The maximum atomic E-state index is 11.7. The van der Waals surface area contributed by atoms with E-state index in [9.17, 15) is 9.59 Å². The van der Waals surface area contributed by atoms with Gasteiger partial charge in [0.1, 0.15) is 6.04 Å². The summed E-state index contributed by atoms with van der Waals surface area (Å²) >= 11 is 5.88. The third kappa shape index (κ3) is 5.36. The highest BCUT2D eigenvalue weighted by Gasteiger charge is 2.36. The molecule has 6 heteroatoms. The lowest BCUT2D eigenvalue weighted by Gasteiger charge is -2.13. The first-order valence-corrected chi connectivity index (χ1v) is 7.41. The summed E-state index contributed by atoms with van der Waals surface area (Å²) in [6, 6.07) is 6.87. The summed E-state index contributed by atoms with van der Waals surface area (Å²) in [6.45, 7) is 0.533. The number of carboxylic acid groups (broad SMARTS) is 1. The van der Waals surface area contributed by atoms with Crippen LogP contribution in [-0.2, 0) is 16.0 Å². The topological polar surface area (TPSA) is 78.4 Å². The average Bonchev–Trinajstić information content (AvgIpc) is 3.23. The van der Waals surface area contributed by atoms with Crippen LogP contribution in [0.4, 0.5) is 0 Å². The minimum absolute atomic E-state index is 0.0308. The van der Waals surface area contributed by atoms with E-state index in [4.69, 9.17) is 16.7 Å². The molecule has 0 radical (unpaired) electrons. The SMILES string of the molecule is O=C(CNC(C(=O)O)C1CC1)NCCc1cccc(Cl)c1. The molecule has 1 amide bonds. The van der Waals surface area contributed by atoms with E-state index < -0.39 is 12.0 Å². The van der Waals surface area contributed by atoms with Crippen molar-refractivity contribution in [3.05, 3.63) is 34.9 Å². The molecule has 0 heterocycles. The van der Waals surface area contributed by atoms with E-state index in [2.05, 4.69) is 10.6 Å². The summed E-state index contributed by atoms with van der Waals surface area (Å²) in [6.07, 6.45) is 2.53. The Morgan fingerprint density at radius 3 is 2.76 bits per heavy atom. The van der Waals surface area contributed by atoms with Gasteiger partial charge in [0, 0.05) is 11.6 Å². The van der Waals surface area contributed by atoms with E-state index in [1.807, 2.05) is 18.2 Å². The van der Waals surface area contributed by atoms with Crippen molar-refractivity contribution in [1.82, 2.24) is 10.6 Å². The van der Waals surface area contributed by atoms with E-state index in [1.165, 1.54) is 0 Å². The van der Waals surface area contributed by atoms with Crippen LogP contribution in [0.3, 0.4) is 0 Å². The number of benzene rings is 1. The number of carbonyl (C=O) groups is 2. The van der Waals surface area contributed by atoms with Gasteiger partial charge in [-0.2, -0.15) is 0 Å². The summed E-state index contributed by atoms with van der Waals surface area (Å²) in [5.74, 6) is -0.907. The number of nitrogens with one attached hydrogen (secondary N) is 2. The third-order valence-electron chi connectivity index (χ3n) is 3.47. The number of rotatable bonds is 8. The molecule has 0 spiro atoms. The Hall–Kier alpha value is -1.59. The number of carboxylic acids is 1. The Labute approximate surface area is 128 Å². The van der Waals surface area contributed by atoms with E-state index in [-0.39, 0.29) is 18.4 Å². The van der Waals surface area contributed by atoms with Gasteiger partial charge in [0.05, 0.1) is 6.54 Å². The molecule has 21 heavy (non-hydrogen) atoms. The Bertz CT molecular complexity index is 517. The predicted octanol–water partition coefficient (Wildman–Crippen LogP) is 1.45. The van der Waals surface area contributed by atoms with Gasteiger partial charge in [0.25, 0.3) is 0 Å². The summed E-state index contributed by atoms with van der Waals surface area (Å²) in [5.41, 5.74) is 1.05. The molecule has 2 rings (SSSR count). The normalized spacial score (nSPS) is 15.5. The average molecular weight is 311 g/mol. The molecule has 1 aromatic rings. The Kier molecular flexibility index (Phi) is 5.59. The van der Waals surface area contributed by atoms with Crippen molar-refractivity contribution >= 4 is 23.5 Å². The summed E-state index contributed by atoms with van der Waals surface area (Å²) in [4.78, 5) is 22.7. The highest BCUT2D eigenvalue weighted by atomic mass is 35.5. The van der Waals surface area contributed by atoms with Crippen molar-refractivity contribution in [1.29, 1.82) is 0 Å². The minimum atomic E-state index is -0.885. The van der Waals surface area contributed by atoms with Crippen LogP contribution in [0, 0.1) is 5.92 Å². The molecular weight excluding hydrogens is 292 g/mol. The van der Waals surface area contributed by atoms with Crippen molar-refractivity contribution in [2.75, 3.05) is 13.1 Å². The first kappa shape index (κ1) is 15.8. The molecule has 1 fully saturated rings. The lowest BCUT2D eigenvalue weighted by molar-refractivity contribution is -0.140. The van der Waals surface area contributed by atoms with Gasteiger partial charge in [-0.25, -0.2) is 0 Å². The zero-order valence-electron chi connectivity index (χ0n) is 11.6. The van der Waals surface area contributed by atoms with E-state index in [0.717, 1.165) is 18.4 Å². The highest BCUT2D eigenvalue weighted by molar-refractivity contribution is 6.30. The second-order valence-electron chi connectivity index (χ2n) is 5.26. The maximum absolute atomic E-state index is 11.7. The van der Waals surface area contributed by atoms with E-state index in [1.54, 1.807) is 6.07 Å². The van der Waals surface area contributed by atoms with Crippen molar-refractivity contribution < 1.29 is 14.7 Å². The molecule has 1 aliphatic rings. The van der Waals surface area contributed by atoms with Gasteiger partial charge in [-0.1, -0.05) is 23.7 Å². The number of aliphatic carboxylic acids is 1. The lowest BCUT2D eigenvalue weighted by atomic mass is 10.1. The van der Waals surface area contributed by atoms with Crippen molar-refractivity contribution in [3.8, 4) is 0 Å². The van der Waals surface area contributed by atoms with Gasteiger partial charge in [-0.3, -0.25) is 14.9 Å². The number of halogens is 1. The molecule has 1 saturated carbocycles. The molecule has 0 saturated heterocycles. The van der Waals surface area contributed by atoms with Gasteiger partial charge in [-0.05, 0) is 42.9 Å². The molecule has 1 aliphatic carbocycles. The number of amides is 1. The minimum Gasteiger partial charge on any atom is -0.480 e. The van der Waals surface area contributed by atoms with Crippen LogP contribution in [0.1, 0.15) is 18.4 Å². The van der Waals surface area contributed by atoms with Gasteiger partial charge < -0.3 is 10.4 Å². The van der Waals surface area contributed by atoms with Gasteiger partial charge in [0.2, 0.25) is 5.91 Å². The molecule has 1 aromatic carbocycles. The summed E-state index contributed by atoms with van der Waals surface area (Å²) < 4.78 is 0. The van der Waals surface area contributed by atoms with E-state index >= 15 is 0 Å². The Morgan fingerprint density at radius 2 is 2.14 bits per heavy atom. The summed E-state index contributed by atoms with van der Waals surface area (Å²) in [5, 5.41) is 15.3. The molecule has 114 valence electrons. The molecule has 1 atom stereocenters. The second-order valence-corrected chi connectivity index (χ2v) is 5.70. The predicted molar refractivity (Wildman–Crippen MR) is 80.3 cm³/mol. The lowest BCUT2D eigenvalue weighted by Crippen LogP contribution is -2.44. The standard InChI is InChI=1S/C15H19ClN2O3/c16-12-3-1-2-10(8-12)6-7-17-13(19)9-18-14(15(20)21)11-4-5-11/h1-3,8,11,14,18H,4-7,9H2,(H,17,19)(H,20,21). The molecule has 0 aromatic heterocycles. The fourth-order valence-electron chi connectivity index (χ4n) is 2.19. The number of carbonyl (C=O) groups excluding carboxylic acids is 1. The molecular formula is C15H19ClN2O3. The van der Waals surface area contributed by atoms with Crippen molar-refractivity contribution in [2.24, 2.45) is 5.92 Å². The first-order valence-electron chi connectivity index (χ1n) is 7.03. The number of hydrogen-bond donors (Lipinski definition) is 3. The third-order valence-corrected chi connectivity index (χ3v) is 3.70. The Morgan fingerprint density at radius 1 is 1.38 bits per heavy atom. The van der Waals surface area contributed by atoms with Crippen LogP contribution in [0.25, 0.3) is 0 Å². The van der Waals surface area contributed by atoms with Gasteiger partial charge >= 0.3 is 5.97 Å². The zero-order chi connectivity index (χ0) is 15.2. The number of hydrogen-bond acceptors (Lipinski definition) is 3.